The highest BCUT2D eigenvalue weighted by Crippen LogP contribution is 2.51. The van der Waals surface area contributed by atoms with E-state index in [2.05, 4.69) is 5.32 Å². The first-order valence-corrected chi connectivity index (χ1v) is 7.82. The molecule has 2 N–H and O–H groups in total. The maximum Gasteiger partial charge on any atom is 0.330 e. The molecule has 2 atom stereocenters. The van der Waals surface area contributed by atoms with Crippen molar-refractivity contribution in [2.45, 2.75) is 17.9 Å². The highest BCUT2D eigenvalue weighted by Gasteiger charge is 2.62. The molecule has 0 aromatic heterocycles. The van der Waals surface area contributed by atoms with Gasteiger partial charge in [-0.3, -0.25) is 14.9 Å². The summed E-state index contributed by atoms with van der Waals surface area (Å²) in [4.78, 5) is 34.7. The van der Waals surface area contributed by atoms with Crippen LogP contribution >= 0.6 is 0 Å². The van der Waals surface area contributed by atoms with Crippen molar-refractivity contribution in [3.8, 4) is 5.75 Å². The Bertz CT molecular complexity index is 883. The van der Waals surface area contributed by atoms with Crippen LogP contribution in [0.5, 0.6) is 5.75 Å². The van der Waals surface area contributed by atoms with Crippen LogP contribution in [0.2, 0.25) is 0 Å². The number of carboxylic acids is 1. The molecule has 2 aromatic rings. The highest BCUT2D eigenvalue weighted by molar-refractivity contribution is 6.00. The number of nitrogens with one attached hydrogen (secondary N) is 1. The number of methoxy groups -OCH3 is 1. The van der Waals surface area contributed by atoms with Crippen LogP contribution in [-0.2, 0) is 4.79 Å². The molecular weight excluding hydrogens is 340 g/mol. The molecule has 8 nitrogen and oxygen atoms in total. The minimum absolute atomic E-state index is 0.00293. The van der Waals surface area contributed by atoms with E-state index >= 15 is 0 Å². The topological polar surface area (TPSA) is 119 Å². The summed E-state index contributed by atoms with van der Waals surface area (Å²) < 4.78 is 4.90. The Kier molecular flexibility index (Phi) is 4.33. The van der Waals surface area contributed by atoms with E-state index in [1.807, 2.05) is 6.07 Å². The lowest BCUT2D eigenvalue weighted by atomic mass is 10.1. The molecule has 0 heterocycles. The van der Waals surface area contributed by atoms with Gasteiger partial charge in [0.15, 0.2) is 5.75 Å². The van der Waals surface area contributed by atoms with E-state index in [1.54, 1.807) is 24.3 Å². The average molecular weight is 356 g/mol. The Labute approximate surface area is 148 Å². The predicted molar refractivity (Wildman–Crippen MR) is 91.3 cm³/mol. The van der Waals surface area contributed by atoms with E-state index in [1.165, 1.54) is 19.2 Å². The molecule has 2 aromatic carbocycles. The predicted octanol–water partition coefficient (Wildman–Crippen LogP) is 2.34. The minimum Gasteiger partial charge on any atom is -0.490 e. The monoisotopic (exact) mass is 356 g/mol. The van der Waals surface area contributed by atoms with E-state index < -0.39 is 22.3 Å². The van der Waals surface area contributed by atoms with E-state index in [9.17, 15) is 24.8 Å². The molecule has 0 spiro atoms. The molecule has 1 amide bonds. The summed E-state index contributed by atoms with van der Waals surface area (Å²) in [6.45, 7) is 0. The molecule has 0 radical (unpaired) electrons. The van der Waals surface area contributed by atoms with Crippen LogP contribution in [0.3, 0.4) is 0 Å². The van der Waals surface area contributed by atoms with Gasteiger partial charge in [-0.2, -0.15) is 0 Å². The molecule has 134 valence electrons. The second-order valence-corrected chi connectivity index (χ2v) is 6.04. The molecule has 1 aliphatic rings. The lowest BCUT2D eigenvalue weighted by molar-refractivity contribution is -0.385. The zero-order valence-corrected chi connectivity index (χ0v) is 13.8. The maximum atomic E-state index is 12.5. The van der Waals surface area contributed by atoms with Gasteiger partial charge in [-0.05, 0) is 24.1 Å². The summed E-state index contributed by atoms with van der Waals surface area (Å²) >= 11 is 0. The fourth-order valence-corrected chi connectivity index (χ4v) is 3.03. The largest absolute Gasteiger partial charge is 0.490 e. The molecule has 8 heteroatoms. The van der Waals surface area contributed by atoms with Crippen LogP contribution in [0.4, 0.5) is 5.69 Å². The number of nitrogens with zero attached hydrogens (tertiary/aromatic N) is 1. The molecule has 3 rings (SSSR count). The molecule has 0 aliphatic heterocycles. The molecule has 1 saturated carbocycles. The molecule has 0 bridgehead atoms. The molecule has 1 fully saturated rings. The van der Waals surface area contributed by atoms with Gasteiger partial charge in [0.25, 0.3) is 5.91 Å². The van der Waals surface area contributed by atoms with Crippen molar-refractivity contribution >= 4 is 17.6 Å². The highest BCUT2D eigenvalue weighted by atomic mass is 16.6. The van der Waals surface area contributed by atoms with Gasteiger partial charge < -0.3 is 15.2 Å². The number of benzene rings is 2. The number of amides is 1. The lowest BCUT2D eigenvalue weighted by Crippen LogP contribution is -2.44. The van der Waals surface area contributed by atoms with Gasteiger partial charge in [0.2, 0.25) is 0 Å². The van der Waals surface area contributed by atoms with Gasteiger partial charge >= 0.3 is 11.7 Å². The van der Waals surface area contributed by atoms with Crippen LogP contribution < -0.4 is 10.1 Å². The number of hydrogen-bond donors (Lipinski definition) is 2. The molecule has 26 heavy (non-hydrogen) atoms. The van der Waals surface area contributed by atoms with Gasteiger partial charge in [0.1, 0.15) is 5.54 Å². The fourth-order valence-electron chi connectivity index (χ4n) is 3.03. The molecule has 0 saturated heterocycles. The summed E-state index contributed by atoms with van der Waals surface area (Å²) in [6.07, 6.45) is 0.260. The van der Waals surface area contributed by atoms with E-state index in [0.29, 0.717) is 0 Å². The van der Waals surface area contributed by atoms with Gasteiger partial charge in [-0.15, -0.1) is 0 Å². The number of aliphatic carboxylic acids is 1. The number of carboxylic acid groups (broad SMARTS) is 1. The normalized spacial score (nSPS) is 20.9. The Morgan fingerprint density at radius 2 is 1.96 bits per heavy atom. The number of ether oxygens (including phenoxy) is 1. The summed E-state index contributed by atoms with van der Waals surface area (Å²) in [5.41, 5.74) is -0.958. The number of nitro groups is 1. The Morgan fingerprint density at radius 3 is 2.54 bits per heavy atom. The van der Waals surface area contributed by atoms with Gasteiger partial charge in [-0.1, -0.05) is 30.3 Å². The molecule has 2 unspecified atom stereocenters. The van der Waals surface area contributed by atoms with E-state index in [0.717, 1.165) is 11.6 Å². The quantitative estimate of drug-likeness (QED) is 0.606. The van der Waals surface area contributed by atoms with Gasteiger partial charge in [0, 0.05) is 17.5 Å². The van der Waals surface area contributed by atoms with Gasteiger partial charge in [-0.25, -0.2) is 4.79 Å². The van der Waals surface area contributed by atoms with Crippen molar-refractivity contribution in [3.63, 3.8) is 0 Å². The SMILES string of the molecule is COc1ccc(C(=O)NC2(C(=O)O)CC2c2ccccc2)cc1[N+](=O)[O-]. The van der Waals surface area contributed by atoms with Crippen LogP contribution in [0.1, 0.15) is 28.3 Å². The fraction of sp³-hybridized carbons (Fsp3) is 0.222. The second kappa shape index (κ2) is 6.47. The number of hydrogen-bond acceptors (Lipinski definition) is 5. The Morgan fingerprint density at radius 1 is 1.27 bits per heavy atom. The summed E-state index contributed by atoms with van der Waals surface area (Å²) in [5.74, 6) is -2.15. The Hall–Kier alpha value is -3.42. The second-order valence-electron chi connectivity index (χ2n) is 6.04. The summed E-state index contributed by atoms with van der Waals surface area (Å²) in [5, 5.41) is 23.2. The third kappa shape index (κ3) is 2.97. The van der Waals surface area contributed by atoms with Crippen LogP contribution in [0.15, 0.2) is 48.5 Å². The lowest BCUT2D eigenvalue weighted by Gasteiger charge is -2.15. The number of carbonyl (C=O) groups is 2. The van der Waals surface area contributed by atoms with Crippen LogP contribution in [-0.4, -0.2) is 34.6 Å². The zero-order chi connectivity index (χ0) is 18.9. The third-order valence-corrected chi connectivity index (χ3v) is 4.52. The van der Waals surface area contributed by atoms with Crippen molar-refractivity contribution < 1.29 is 24.4 Å². The van der Waals surface area contributed by atoms with Crippen molar-refractivity contribution in [3.05, 3.63) is 69.8 Å². The smallest absolute Gasteiger partial charge is 0.330 e. The first kappa shape index (κ1) is 17.4. The number of nitro benzene ring substituents is 1. The van der Waals surface area contributed by atoms with Crippen molar-refractivity contribution in [1.29, 1.82) is 0 Å². The first-order valence-electron chi connectivity index (χ1n) is 7.82. The van der Waals surface area contributed by atoms with E-state index in [-0.39, 0.29) is 29.3 Å². The first-order chi connectivity index (χ1) is 12.4. The van der Waals surface area contributed by atoms with Crippen molar-refractivity contribution in [2.24, 2.45) is 0 Å². The molecule has 1 aliphatic carbocycles. The van der Waals surface area contributed by atoms with Crippen LogP contribution in [0, 0.1) is 10.1 Å². The average Bonchev–Trinajstić information content (AvgIpc) is 3.37. The zero-order valence-electron chi connectivity index (χ0n) is 13.8. The Balaban J connectivity index is 1.86. The molecular formula is C18H16N2O6. The standard InChI is InChI=1S/C18H16N2O6/c1-26-15-8-7-12(9-14(15)20(24)25)16(21)19-18(17(22)23)10-13(18)11-5-3-2-4-6-11/h2-9,13H,10H2,1H3,(H,19,21)(H,22,23). The third-order valence-electron chi connectivity index (χ3n) is 4.52. The summed E-state index contributed by atoms with van der Waals surface area (Å²) in [7, 11) is 1.29. The van der Waals surface area contributed by atoms with E-state index in [4.69, 9.17) is 4.74 Å². The van der Waals surface area contributed by atoms with Crippen molar-refractivity contribution in [2.75, 3.05) is 7.11 Å². The maximum absolute atomic E-state index is 12.5. The number of carbonyl (C=O) groups excluding carboxylic acids is 1. The summed E-state index contributed by atoms with van der Waals surface area (Å²) in [6, 6.07) is 12.8. The van der Waals surface area contributed by atoms with Crippen LogP contribution in [0.25, 0.3) is 0 Å². The number of rotatable bonds is 6. The minimum atomic E-state index is -1.41. The van der Waals surface area contributed by atoms with Gasteiger partial charge in [0.05, 0.1) is 12.0 Å². The van der Waals surface area contributed by atoms with Crippen molar-refractivity contribution in [1.82, 2.24) is 5.32 Å².